The van der Waals surface area contributed by atoms with Gasteiger partial charge in [-0.1, -0.05) is 60.7 Å². The topological polar surface area (TPSA) is 110 Å². The number of carbonyl (C=O) groups is 1. The number of hydrogen-bond donors (Lipinski definition) is 2. The number of amides is 1. The summed E-state index contributed by atoms with van der Waals surface area (Å²) in [6.45, 7) is 3.76. The summed E-state index contributed by atoms with van der Waals surface area (Å²) in [5, 5.41) is 8.10. The molecule has 0 fully saturated rings. The van der Waals surface area contributed by atoms with Crippen molar-refractivity contribution in [2.45, 2.75) is 32.2 Å². The molecule has 2 N–H and O–H groups in total. The molecule has 0 saturated heterocycles. The predicted molar refractivity (Wildman–Crippen MR) is 136 cm³/mol. The highest BCUT2D eigenvalue weighted by Crippen LogP contribution is 2.16. The van der Waals surface area contributed by atoms with Crippen molar-refractivity contribution in [2.24, 2.45) is 0 Å². The fourth-order valence-corrected chi connectivity index (χ4v) is 5.17. The highest BCUT2D eigenvalue weighted by molar-refractivity contribution is 7.88. The maximum absolute atomic E-state index is 13.1. The number of nitrogens with one attached hydrogen (secondary N) is 2. The van der Waals surface area contributed by atoms with E-state index in [1.165, 1.54) is 4.68 Å². The average molecular weight is 491 g/mol. The molecule has 35 heavy (non-hydrogen) atoms. The molecule has 4 aromatic rings. The molecule has 3 aromatic carbocycles. The van der Waals surface area contributed by atoms with Crippen LogP contribution >= 0.6 is 0 Å². The number of hydrogen-bond acceptors (Lipinski definition) is 5. The summed E-state index contributed by atoms with van der Waals surface area (Å²) in [5.41, 5.74) is 1.86. The van der Waals surface area contributed by atoms with Crippen molar-refractivity contribution >= 4 is 26.7 Å². The molecular formula is C26H26N4O4S. The molecule has 180 valence electrons. The number of carbonyl (C=O) groups excluding carboxylic acids is 1. The van der Waals surface area contributed by atoms with Crippen LogP contribution in [0.25, 0.3) is 16.5 Å². The van der Waals surface area contributed by atoms with Gasteiger partial charge in [0.1, 0.15) is 0 Å². The molecule has 9 heteroatoms. The molecule has 0 bridgehead atoms. The Hall–Kier alpha value is -3.82. The van der Waals surface area contributed by atoms with E-state index < -0.39 is 15.9 Å². The normalized spacial score (nSPS) is 11.6. The summed E-state index contributed by atoms with van der Waals surface area (Å²) >= 11 is 0. The van der Waals surface area contributed by atoms with Crippen molar-refractivity contribution in [1.82, 2.24) is 19.8 Å². The predicted octanol–water partition coefficient (Wildman–Crippen LogP) is 3.14. The van der Waals surface area contributed by atoms with Crippen molar-refractivity contribution in [2.75, 3.05) is 0 Å². The van der Waals surface area contributed by atoms with Crippen molar-refractivity contribution in [3.63, 3.8) is 0 Å². The van der Waals surface area contributed by atoms with Crippen LogP contribution < -0.4 is 15.6 Å². The first-order valence-electron chi connectivity index (χ1n) is 11.2. The van der Waals surface area contributed by atoms with Gasteiger partial charge in [-0.15, -0.1) is 0 Å². The van der Waals surface area contributed by atoms with Crippen LogP contribution in [0.5, 0.6) is 0 Å². The Morgan fingerprint density at radius 2 is 1.49 bits per heavy atom. The third kappa shape index (κ3) is 5.82. The Bertz CT molecular complexity index is 1510. The van der Waals surface area contributed by atoms with Crippen molar-refractivity contribution < 1.29 is 13.2 Å². The molecule has 0 radical (unpaired) electrons. The van der Waals surface area contributed by atoms with E-state index in [1.54, 1.807) is 86.6 Å². The number of aromatic nitrogens is 2. The summed E-state index contributed by atoms with van der Waals surface area (Å²) < 4.78 is 28.1. The minimum Gasteiger partial charge on any atom is -0.347 e. The Labute approximate surface area is 203 Å². The molecule has 0 aliphatic heterocycles. The minimum absolute atomic E-state index is 0.116. The lowest BCUT2D eigenvalue weighted by atomic mass is 10.1. The largest absolute Gasteiger partial charge is 0.347 e. The zero-order valence-corrected chi connectivity index (χ0v) is 20.2. The second-order valence-corrected chi connectivity index (χ2v) is 10.2. The van der Waals surface area contributed by atoms with Crippen LogP contribution in [-0.4, -0.2) is 30.1 Å². The average Bonchev–Trinajstić information content (AvgIpc) is 2.83. The van der Waals surface area contributed by atoms with E-state index >= 15 is 0 Å². The Balaban J connectivity index is 1.55. The molecule has 0 unspecified atom stereocenters. The standard InChI is InChI=1S/C26H26N4O4S/c1-18(2)29-35(33,34)17-20-14-12-19(13-15-20)16-27-25(31)24-22-10-6-7-11-23(22)26(32)30(28-24)21-8-4-3-5-9-21/h3-15,18,29H,16-17H2,1-2H3,(H,27,31). The maximum Gasteiger partial charge on any atom is 0.279 e. The number of sulfonamides is 1. The van der Waals surface area contributed by atoms with Gasteiger partial charge >= 0.3 is 0 Å². The molecule has 4 rings (SSSR count). The molecule has 1 aromatic heterocycles. The van der Waals surface area contributed by atoms with E-state index in [4.69, 9.17) is 0 Å². The number of nitrogens with zero attached hydrogens (tertiary/aromatic N) is 2. The lowest BCUT2D eigenvalue weighted by Gasteiger charge is -2.12. The number of rotatable bonds is 8. The first-order valence-corrected chi connectivity index (χ1v) is 12.8. The summed E-state index contributed by atoms with van der Waals surface area (Å²) in [7, 11) is -3.42. The Morgan fingerprint density at radius 1 is 0.886 bits per heavy atom. The maximum atomic E-state index is 13.1. The van der Waals surface area contributed by atoms with E-state index in [1.807, 2.05) is 6.07 Å². The molecule has 0 aliphatic carbocycles. The smallest absolute Gasteiger partial charge is 0.279 e. The van der Waals surface area contributed by atoms with Crippen LogP contribution in [0.4, 0.5) is 0 Å². The summed E-state index contributed by atoms with van der Waals surface area (Å²) in [4.78, 5) is 26.1. The van der Waals surface area contributed by atoms with Crippen LogP contribution in [0.1, 0.15) is 35.5 Å². The fraction of sp³-hybridized carbons (Fsp3) is 0.192. The van der Waals surface area contributed by atoms with E-state index in [0.717, 1.165) is 5.56 Å². The van der Waals surface area contributed by atoms with Gasteiger partial charge in [-0.2, -0.15) is 9.78 Å². The fourth-order valence-electron chi connectivity index (χ4n) is 3.74. The van der Waals surface area contributed by atoms with E-state index in [0.29, 0.717) is 22.0 Å². The van der Waals surface area contributed by atoms with Crippen molar-refractivity contribution in [1.29, 1.82) is 0 Å². The zero-order chi connectivity index (χ0) is 25.0. The molecule has 0 saturated carbocycles. The zero-order valence-electron chi connectivity index (χ0n) is 19.4. The van der Waals surface area contributed by atoms with Gasteiger partial charge in [-0.25, -0.2) is 13.1 Å². The van der Waals surface area contributed by atoms with Gasteiger partial charge in [0.25, 0.3) is 11.5 Å². The first-order chi connectivity index (χ1) is 16.7. The van der Waals surface area contributed by atoms with Gasteiger partial charge in [-0.05, 0) is 43.2 Å². The quantitative estimate of drug-likeness (QED) is 0.394. The highest BCUT2D eigenvalue weighted by atomic mass is 32.2. The van der Waals surface area contributed by atoms with Crippen LogP contribution in [0.2, 0.25) is 0 Å². The lowest BCUT2D eigenvalue weighted by Crippen LogP contribution is -2.31. The van der Waals surface area contributed by atoms with Crippen molar-refractivity contribution in [3.05, 3.63) is 106 Å². The van der Waals surface area contributed by atoms with Gasteiger partial charge in [-0.3, -0.25) is 9.59 Å². The molecule has 1 heterocycles. The van der Waals surface area contributed by atoms with Crippen LogP contribution in [0.3, 0.4) is 0 Å². The first kappa shape index (κ1) is 24.3. The van der Waals surface area contributed by atoms with Gasteiger partial charge in [0.05, 0.1) is 16.8 Å². The van der Waals surface area contributed by atoms with Crippen molar-refractivity contribution in [3.8, 4) is 5.69 Å². The summed E-state index contributed by atoms with van der Waals surface area (Å²) in [6.07, 6.45) is 0. The number of fused-ring (bicyclic) bond motifs is 1. The van der Waals surface area contributed by atoms with Gasteiger partial charge in [0.2, 0.25) is 10.0 Å². The number of para-hydroxylation sites is 1. The summed E-state index contributed by atoms with van der Waals surface area (Å²) in [6, 6.07) is 22.7. The third-order valence-electron chi connectivity index (χ3n) is 5.27. The van der Waals surface area contributed by atoms with Crippen LogP contribution in [0, 0.1) is 0 Å². The Kier molecular flexibility index (Phi) is 7.09. The van der Waals surface area contributed by atoms with Crippen LogP contribution in [0.15, 0.2) is 83.7 Å². The van der Waals surface area contributed by atoms with Gasteiger partial charge in [0.15, 0.2) is 5.69 Å². The third-order valence-corrected chi connectivity index (χ3v) is 6.81. The lowest BCUT2D eigenvalue weighted by molar-refractivity contribution is 0.0946. The monoisotopic (exact) mass is 490 g/mol. The molecular weight excluding hydrogens is 464 g/mol. The molecule has 0 spiro atoms. The molecule has 1 amide bonds. The highest BCUT2D eigenvalue weighted by Gasteiger charge is 2.17. The SMILES string of the molecule is CC(C)NS(=O)(=O)Cc1ccc(CNC(=O)c2nn(-c3ccccc3)c(=O)c3ccccc23)cc1. The van der Waals surface area contributed by atoms with Gasteiger partial charge < -0.3 is 5.32 Å². The number of benzene rings is 3. The molecule has 0 aliphatic rings. The van der Waals surface area contributed by atoms with E-state index in [-0.39, 0.29) is 29.6 Å². The second-order valence-electron chi connectivity index (χ2n) is 8.48. The van der Waals surface area contributed by atoms with E-state index in [9.17, 15) is 18.0 Å². The summed E-state index contributed by atoms with van der Waals surface area (Å²) in [5.74, 6) is -0.534. The van der Waals surface area contributed by atoms with E-state index in [2.05, 4.69) is 15.1 Å². The molecule has 0 atom stereocenters. The Morgan fingerprint density at radius 3 is 2.14 bits per heavy atom. The minimum atomic E-state index is -3.42. The second kappa shape index (κ2) is 10.2. The molecule has 8 nitrogen and oxygen atoms in total. The van der Waals surface area contributed by atoms with Gasteiger partial charge in [0, 0.05) is 18.0 Å². The van der Waals surface area contributed by atoms with Crippen LogP contribution in [-0.2, 0) is 22.3 Å².